The lowest BCUT2D eigenvalue weighted by atomic mass is 10.2. The smallest absolute Gasteiger partial charge is 0.207 e. The molecule has 18 heavy (non-hydrogen) atoms. The maximum absolute atomic E-state index is 13.1. The third-order valence-electron chi connectivity index (χ3n) is 2.36. The highest BCUT2D eigenvalue weighted by Gasteiger charge is 2.21. The van der Waals surface area contributed by atoms with Gasteiger partial charge in [0.05, 0.1) is 5.02 Å². The molecule has 3 nitrogen and oxygen atoms in total. The summed E-state index contributed by atoms with van der Waals surface area (Å²) in [5, 5.41) is -0.0283. The quantitative estimate of drug-likeness (QED) is 0.847. The first-order valence-corrected chi connectivity index (χ1v) is 7.17. The van der Waals surface area contributed by atoms with Crippen LogP contribution in [-0.2, 0) is 10.0 Å². The highest BCUT2D eigenvalue weighted by molar-refractivity contribution is 7.89. The van der Waals surface area contributed by atoms with E-state index in [4.69, 9.17) is 18.0 Å². The van der Waals surface area contributed by atoms with Crippen LogP contribution >= 0.6 is 11.6 Å². The summed E-state index contributed by atoms with van der Waals surface area (Å²) in [4.78, 5) is -0.278. The molecular weight excluding hydrogens is 277 g/mol. The summed E-state index contributed by atoms with van der Waals surface area (Å²) in [7, 11) is -3.86. The van der Waals surface area contributed by atoms with Crippen molar-refractivity contribution in [3.63, 3.8) is 0 Å². The minimum Gasteiger partial charge on any atom is -0.207 e. The van der Waals surface area contributed by atoms with Gasteiger partial charge in [-0.3, -0.25) is 0 Å². The van der Waals surface area contributed by atoms with Crippen LogP contribution in [0.2, 0.25) is 5.02 Å². The van der Waals surface area contributed by atoms with Crippen LogP contribution in [-0.4, -0.2) is 14.5 Å². The maximum atomic E-state index is 13.1. The molecule has 0 amide bonds. The van der Waals surface area contributed by atoms with Crippen LogP contribution < -0.4 is 4.72 Å². The molecule has 0 spiro atoms. The first-order valence-electron chi connectivity index (χ1n) is 5.31. The second-order valence-electron chi connectivity index (χ2n) is 3.71. The first kappa shape index (κ1) is 15.0. The molecule has 1 aromatic rings. The van der Waals surface area contributed by atoms with Crippen LogP contribution in [0.4, 0.5) is 4.39 Å². The topological polar surface area (TPSA) is 46.2 Å². The standard InChI is InChI=1S/C12H13ClFNO2S/c1-3-5-10(4-2)15-18(16,17)12-8-9(14)6-7-11(12)13/h1,6-8,10,15H,4-5H2,2H3. The Balaban J connectivity index is 3.06. The van der Waals surface area contributed by atoms with Gasteiger partial charge in [-0.2, -0.15) is 0 Å². The Kier molecular flexibility index (Phi) is 5.15. The Morgan fingerprint density at radius 2 is 2.22 bits per heavy atom. The summed E-state index contributed by atoms with van der Waals surface area (Å²) in [5.74, 6) is 1.72. The van der Waals surface area contributed by atoms with Gasteiger partial charge in [0.15, 0.2) is 0 Å². The molecule has 0 saturated carbocycles. The van der Waals surface area contributed by atoms with Crippen molar-refractivity contribution in [1.82, 2.24) is 4.72 Å². The monoisotopic (exact) mass is 289 g/mol. The highest BCUT2D eigenvalue weighted by atomic mass is 35.5. The summed E-state index contributed by atoms with van der Waals surface area (Å²) >= 11 is 5.76. The molecule has 1 aromatic carbocycles. The van der Waals surface area contributed by atoms with Crippen LogP contribution in [0, 0.1) is 18.2 Å². The number of terminal acetylenes is 1. The summed E-state index contributed by atoms with van der Waals surface area (Å²) < 4.78 is 39.5. The average Bonchev–Trinajstić information content (AvgIpc) is 2.31. The lowest BCUT2D eigenvalue weighted by Crippen LogP contribution is -2.34. The number of hydrogen-bond acceptors (Lipinski definition) is 2. The van der Waals surface area contributed by atoms with Gasteiger partial charge in [-0.25, -0.2) is 17.5 Å². The zero-order valence-electron chi connectivity index (χ0n) is 9.78. The third-order valence-corrected chi connectivity index (χ3v) is 4.36. The van der Waals surface area contributed by atoms with Crippen molar-refractivity contribution in [3.8, 4) is 12.3 Å². The number of benzene rings is 1. The zero-order chi connectivity index (χ0) is 13.8. The molecule has 98 valence electrons. The number of halogens is 2. The molecule has 1 N–H and O–H groups in total. The van der Waals surface area contributed by atoms with E-state index in [-0.39, 0.29) is 22.4 Å². The molecular formula is C12H13ClFNO2S. The van der Waals surface area contributed by atoms with E-state index >= 15 is 0 Å². The average molecular weight is 290 g/mol. The number of rotatable bonds is 5. The van der Waals surface area contributed by atoms with Gasteiger partial charge in [0.1, 0.15) is 10.7 Å². The Hall–Kier alpha value is -1.09. The van der Waals surface area contributed by atoms with Crippen molar-refractivity contribution in [1.29, 1.82) is 0 Å². The second kappa shape index (κ2) is 6.19. The molecule has 0 radical (unpaired) electrons. The van der Waals surface area contributed by atoms with Crippen molar-refractivity contribution in [2.45, 2.75) is 30.7 Å². The molecule has 1 atom stereocenters. The predicted molar refractivity (Wildman–Crippen MR) is 69.3 cm³/mol. The van der Waals surface area contributed by atoms with Crippen LogP contribution in [0.5, 0.6) is 0 Å². The SMILES string of the molecule is C#CCC(CC)NS(=O)(=O)c1cc(F)ccc1Cl. The molecule has 6 heteroatoms. The lowest BCUT2D eigenvalue weighted by molar-refractivity contribution is 0.542. The molecule has 0 aliphatic heterocycles. The lowest BCUT2D eigenvalue weighted by Gasteiger charge is -2.15. The Labute approximate surface area is 111 Å². The van der Waals surface area contributed by atoms with E-state index in [1.807, 2.05) is 0 Å². The maximum Gasteiger partial charge on any atom is 0.242 e. The first-order chi connectivity index (χ1) is 8.40. The largest absolute Gasteiger partial charge is 0.242 e. The van der Waals surface area contributed by atoms with E-state index in [1.165, 1.54) is 6.07 Å². The van der Waals surface area contributed by atoms with Crippen molar-refractivity contribution < 1.29 is 12.8 Å². The summed E-state index contributed by atoms with van der Waals surface area (Å²) in [5.41, 5.74) is 0. The van der Waals surface area contributed by atoms with Gasteiger partial charge in [-0.1, -0.05) is 18.5 Å². The third kappa shape index (κ3) is 3.70. The fourth-order valence-corrected chi connectivity index (χ4v) is 3.21. The van der Waals surface area contributed by atoms with Crippen LogP contribution in [0.1, 0.15) is 19.8 Å². The van der Waals surface area contributed by atoms with E-state index in [2.05, 4.69) is 10.6 Å². The summed E-state index contributed by atoms with van der Waals surface area (Å²) in [6, 6.07) is 2.79. The van der Waals surface area contributed by atoms with Gasteiger partial charge in [0.25, 0.3) is 0 Å². The van der Waals surface area contributed by atoms with Crippen molar-refractivity contribution in [2.75, 3.05) is 0 Å². The van der Waals surface area contributed by atoms with Crippen molar-refractivity contribution in [3.05, 3.63) is 29.0 Å². The Morgan fingerprint density at radius 1 is 1.56 bits per heavy atom. The van der Waals surface area contributed by atoms with Gasteiger partial charge in [-0.05, 0) is 24.6 Å². The molecule has 1 rings (SSSR count). The second-order valence-corrected chi connectivity index (χ2v) is 5.80. The van der Waals surface area contributed by atoms with E-state index in [1.54, 1.807) is 6.92 Å². The van der Waals surface area contributed by atoms with E-state index in [9.17, 15) is 12.8 Å². The number of sulfonamides is 1. The van der Waals surface area contributed by atoms with Crippen LogP contribution in [0.15, 0.2) is 23.1 Å². The molecule has 0 fully saturated rings. The normalized spacial score (nSPS) is 13.0. The van der Waals surface area contributed by atoms with E-state index < -0.39 is 15.8 Å². The Morgan fingerprint density at radius 3 is 2.78 bits per heavy atom. The van der Waals surface area contributed by atoms with Crippen molar-refractivity contribution >= 4 is 21.6 Å². The molecule has 0 aliphatic rings. The van der Waals surface area contributed by atoms with Crippen LogP contribution in [0.25, 0.3) is 0 Å². The minimum atomic E-state index is -3.86. The van der Waals surface area contributed by atoms with Gasteiger partial charge >= 0.3 is 0 Å². The van der Waals surface area contributed by atoms with E-state index in [0.29, 0.717) is 6.42 Å². The Bertz CT molecular complexity index is 566. The number of hydrogen-bond donors (Lipinski definition) is 1. The summed E-state index contributed by atoms with van der Waals surface area (Å²) in [6.45, 7) is 1.80. The zero-order valence-corrected chi connectivity index (χ0v) is 11.4. The fourth-order valence-electron chi connectivity index (χ4n) is 1.38. The van der Waals surface area contributed by atoms with E-state index in [0.717, 1.165) is 12.1 Å². The van der Waals surface area contributed by atoms with Crippen LogP contribution in [0.3, 0.4) is 0 Å². The van der Waals surface area contributed by atoms with Crippen molar-refractivity contribution in [2.24, 2.45) is 0 Å². The molecule has 0 aromatic heterocycles. The fraction of sp³-hybridized carbons (Fsp3) is 0.333. The number of nitrogens with one attached hydrogen (secondary N) is 1. The van der Waals surface area contributed by atoms with Gasteiger partial charge in [-0.15, -0.1) is 12.3 Å². The molecule has 1 unspecified atom stereocenters. The molecule has 0 heterocycles. The van der Waals surface area contributed by atoms with Gasteiger partial charge < -0.3 is 0 Å². The highest BCUT2D eigenvalue weighted by Crippen LogP contribution is 2.22. The predicted octanol–water partition coefficient (Wildman–Crippen LogP) is 2.56. The van der Waals surface area contributed by atoms with Gasteiger partial charge in [0, 0.05) is 12.5 Å². The summed E-state index contributed by atoms with van der Waals surface area (Å²) in [6.07, 6.45) is 5.95. The van der Waals surface area contributed by atoms with Gasteiger partial charge in [0.2, 0.25) is 10.0 Å². The molecule has 0 bridgehead atoms. The molecule has 0 aliphatic carbocycles. The molecule has 0 saturated heterocycles. The minimum absolute atomic E-state index is 0.0283.